The lowest BCUT2D eigenvalue weighted by atomic mass is 9.99. The third-order valence-electron chi connectivity index (χ3n) is 4.15. The van der Waals surface area contributed by atoms with Gasteiger partial charge in [-0.3, -0.25) is 9.59 Å². The van der Waals surface area contributed by atoms with Gasteiger partial charge in [0, 0.05) is 12.0 Å². The van der Waals surface area contributed by atoms with Crippen LogP contribution in [0.4, 0.5) is 0 Å². The molecule has 24 heavy (non-hydrogen) atoms. The summed E-state index contributed by atoms with van der Waals surface area (Å²) in [5, 5.41) is 0. The standard InChI is InChI=1S/C21H20O3/c1-15(22)14-24-19-7-4-6-18(13-19)21(23)12-11-17-10-9-16-5-2-3-8-20(16)17/h2-8,10,13H,9,11-12,14H2,1H3. The number of rotatable bonds is 7. The highest BCUT2D eigenvalue weighted by Crippen LogP contribution is 2.30. The molecule has 0 bridgehead atoms. The molecule has 2 aromatic rings. The van der Waals surface area contributed by atoms with Crippen LogP contribution in [-0.2, 0) is 11.2 Å². The van der Waals surface area contributed by atoms with Gasteiger partial charge in [-0.1, -0.05) is 42.5 Å². The topological polar surface area (TPSA) is 43.4 Å². The number of carbonyl (C=O) groups excluding carboxylic acids is 2. The van der Waals surface area contributed by atoms with Crippen molar-refractivity contribution in [3.8, 4) is 5.75 Å². The first-order chi connectivity index (χ1) is 11.6. The zero-order chi connectivity index (χ0) is 16.9. The summed E-state index contributed by atoms with van der Waals surface area (Å²) in [6.45, 7) is 1.50. The Bertz CT molecular complexity index is 802. The molecule has 0 atom stereocenters. The zero-order valence-corrected chi connectivity index (χ0v) is 13.7. The van der Waals surface area contributed by atoms with Gasteiger partial charge in [-0.25, -0.2) is 0 Å². The van der Waals surface area contributed by atoms with Crippen LogP contribution in [0.1, 0.15) is 41.3 Å². The van der Waals surface area contributed by atoms with Crippen molar-refractivity contribution in [1.82, 2.24) is 0 Å². The average molecular weight is 320 g/mol. The van der Waals surface area contributed by atoms with Gasteiger partial charge in [0.25, 0.3) is 0 Å². The van der Waals surface area contributed by atoms with Crippen molar-refractivity contribution in [3.05, 3.63) is 71.3 Å². The molecule has 0 amide bonds. The van der Waals surface area contributed by atoms with E-state index in [9.17, 15) is 9.59 Å². The number of benzene rings is 2. The zero-order valence-electron chi connectivity index (χ0n) is 13.7. The molecule has 0 heterocycles. The first kappa shape index (κ1) is 16.2. The van der Waals surface area contributed by atoms with Crippen LogP contribution >= 0.6 is 0 Å². The molecule has 0 saturated carbocycles. The van der Waals surface area contributed by atoms with Gasteiger partial charge in [0.2, 0.25) is 0 Å². The number of Topliss-reactive ketones (excluding diaryl/α,β-unsaturated/α-hetero) is 2. The number of fused-ring (bicyclic) bond motifs is 1. The minimum Gasteiger partial charge on any atom is -0.486 e. The van der Waals surface area contributed by atoms with E-state index in [-0.39, 0.29) is 18.2 Å². The van der Waals surface area contributed by atoms with Crippen molar-refractivity contribution in [1.29, 1.82) is 0 Å². The molecular weight excluding hydrogens is 300 g/mol. The molecule has 0 fully saturated rings. The molecule has 0 radical (unpaired) electrons. The van der Waals surface area contributed by atoms with Crippen molar-refractivity contribution in [2.24, 2.45) is 0 Å². The third kappa shape index (κ3) is 3.80. The molecule has 0 spiro atoms. The van der Waals surface area contributed by atoms with E-state index in [4.69, 9.17) is 4.74 Å². The fourth-order valence-electron chi connectivity index (χ4n) is 2.93. The average Bonchev–Trinajstić information content (AvgIpc) is 3.01. The second kappa shape index (κ2) is 7.26. The Morgan fingerprint density at radius 3 is 2.75 bits per heavy atom. The van der Waals surface area contributed by atoms with Crippen LogP contribution in [0.3, 0.4) is 0 Å². The van der Waals surface area contributed by atoms with Crippen LogP contribution in [0, 0.1) is 0 Å². The predicted molar refractivity (Wildman–Crippen MR) is 94.3 cm³/mol. The molecule has 2 aromatic carbocycles. The Labute approximate surface area is 142 Å². The second-order valence-electron chi connectivity index (χ2n) is 6.03. The lowest BCUT2D eigenvalue weighted by molar-refractivity contribution is -0.118. The molecule has 0 aromatic heterocycles. The molecule has 3 rings (SSSR count). The van der Waals surface area contributed by atoms with Gasteiger partial charge in [0.1, 0.15) is 12.4 Å². The van der Waals surface area contributed by atoms with E-state index in [0.29, 0.717) is 17.7 Å². The second-order valence-corrected chi connectivity index (χ2v) is 6.03. The quantitative estimate of drug-likeness (QED) is 0.716. The molecule has 3 nitrogen and oxygen atoms in total. The van der Waals surface area contributed by atoms with Crippen molar-refractivity contribution in [2.75, 3.05) is 6.61 Å². The number of carbonyl (C=O) groups is 2. The van der Waals surface area contributed by atoms with Crippen molar-refractivity contribution < 1.29 is 14.3 Å². The Hall–Kier alpha value is -2.68. The maximum Gasteiger partial charge on any atom is 0.167 e. The highest BCUT2D eigenvalue weighted by atomic mass is 16.5. The monoisotopic (exact) mass is 320 g/mol. The van der Waals surface area contributed by atoms with Crippen LogP contribution in [0.5, 0.6) is 5.75 Å². The van der Waals surface area contributed by atoms with E-state index in [2.05, 4.69) is 18.2 Å². The van der Waals surface area contributed by atoms with Crippen LogP contribution in [0.2, 0.25) is 0 Å². The summed E-state index contributed by atoms with van der Waals surface area (Å²) in [6.07, 6.45) is 4.38. The van der Waals surface area contributed by atoms with Crippen LogP contribution in [0.15, 0.2) is 54.6 Å². The predicted octanol–water partition coefficient (Wildman–Crippen LogP) is 4.26. The van der Waals surface area contributed by atoms with Crippen LogP contribution < -0.4 is 4.74 Å². The Morgan fingerprint density at radius 1 is 1.08 bits per heavy atom. The van der Waals surface area contributed by atoms with Crippen molar-refractivity contribution >= 4 is 17.1 Å². The van der Waals surface area contributed by atoms with E-state index in [0.717, 1.165) is 12.8 Å². The van der Waals surface area contributed by atoms with Gasteiger partial charge in [0.05, 0.1) is 0 Å². The lowest BCUT2D eigenvalue weighted by Crippen LogP contribution is -2.07. The summed E-state index contributed by atoms with van der Waals surface area (Å²) in [6, 6.07) is 15.4. The fourth-order valence-corrected chi connectivity index (χ4v) is 2.93. The molecule has 1 aliphatic carbocycles. The van der Waals surface area contributed by atoms with Gasteiger partial charge >= 0.3 is 0 Å². The smallest absolute Gasteiger partial charge is 0.167 e. The maximum atomic E-state index is 12.5. The molecule has 0 N–H and O–H groups in total. The summed E-state index contributed by atoms with van der Waals surface area (Å²) >= 11 is 0. The number of ketones is 2. The highest BCUT2D eigenvalue weighted by Gasteiger charge is 2.15. The SMILES string of the molecule is CC(=O)COc1cccc(C(=O)CCC2=CCc3ccccc32)c1. The van der Waals surface area contributed by atoms with E-state index in [1.54, 1.807) is 24.3 Å². The van der Waals surface area contributed by atoms with E-state index >= 15 is 0 Å². The van der Waals surface area contributed by atoms with Gasteiger partial charge in [-0.2, -0.15) is 0 Å². The van der Waals surface area contributed by atoms with Crippen molar-refractivity contribution in [2.45, 2.75) is 26.2 Å². The van der Waals surface area contributed by atoms with E-state index in [1.165, 1.54) is 23.6 Å². The molecule has 0 aliphatic heterocycles. The third-order valence-corrected chi connectivity index (χ3v) is 4.15. The van der Waals surface area contributed by atoms with Gasteiger partial charge in [0.15, 0.2) is 11.6 Å². The highest BCUT2D eigenvalue weighted by molar-refractivity contribution is 5.97. The Kier molecular flexibility index (Phi) is 4.90. The van der Waals surface area contributed by atoms with Gasteiger partial charge in [-0.05, 0) is 48.6 Å². The normalized spacial score (nSPS) is 12.5. The Balaban J connectivity index is 1.62. The first-order valence-electron chi connectivity index (χ1n) is 8.16. The summed E-state index contributed by atoms with van der Waals surface area (Å²) in [5.74, 6) is 0.605. The molecule has 3 heteroatoms. The van der Waals surface area contributed by atoms with E-state index in [1.807, 2.05) is 12.1 Å². The summed E-state index contributed by atoms with van der Waals surface area (Å²) < 4.78 is 5.37. The minimum atomic E-state index is -0.0430. The minimum absolute atomic E-state index is 0.0291. The first-order valence-corrected chi connectivity index (χ1v) is 8.16. The summed E-state index contributed by atoms with van der Waals surface area (Å²) in [7, 11) is 0. The van der Waals surface area contributed by atoms with Crippen LogP contribution in [-0.4, -0.2) is 18.2 Å². The van der Waals surface area contributed by atoms with Gasteiger partial charge < -0.3 is 4.74 Å². The number of hydrogen-bond donors (Lipinski definition) is 0. The fraction of sp³-hybridized carbons (Fsp3) is 0.238. The molecular formula is C21H20O3. The summed E-state index contributed by atoms with van der Waals surface area (Å²) in [5.41, 5.74) is 4.48. The molecule has 0 unspecified atom stereocenters. The number of hydrogen-bond acceptors (Lipinski definition) is 3. The maximum absolute atomic E-state index is 12.5. The lowest BCUT2D eigenvalue weighted by Gasteiger charge is -2.07. The Morgan fingerprint density at radius 2 is 1.92 bits per heavy atom. The largest absolute Gasteiger partial charge is 0.486 e. The molecule has 0 saturated heterocycles. The van der Waals surface area contributed by atoms with E-state index < -0.39 is 0 Å². The molecule has 122 valence electrons. The van der Waals surface area contributed by atoms with Crippen molar-refractivity contribution in [3.63, 3.8) is 0 Å². The number of ether oxygens (including phenoxy) is 1. The number of allylic oxidation sites excluding steroid dienone is 2. The summed E-state index contributed by atoms with van der Waals surface area (Å²) in [4.78, 5) is 23.4. The van der Waals surface area contributed by atoms with Gasteiger partial charge in [-0.15, -0.1) is 0 Å². The molecule has 1 aliphatic rings. The van der Waals surface area contributed by atoms with Crippen LogP contribution in [0.25, 0.3) is 5.57 Å².